The SMILES string of the molecule is CC1(C)c2cc(-c3ccc(-c4c5ccccc5c(-c5cccc6ccccc56)c5ccccc45)c4ccccc34)ccc2-c2c1c1ccccc1c1oc3ccccc3c21. The molecule has 1 aromatic heterocycles. The van der Waals surface area contributed by atoms with Crippen LogP contribution in [0.4, 0.5) is 0 Å². The van der Waals surface area contributed by atoms with Crippen molar-refractivity contribution in [3.05, 3.63) is 205 Å². The van der Waals surface area contributed by atoms with Crippen LogP contribution in [-0.4, -0.2) is 0 Å². The molecule has 0 N–H and O–H groups in total. The molecule has 0 radical (unpaired) electrons. The van der Waals surface area contributed by atoms with Gasteiger partial charge in [-0.25, -0.2) is 0 Å². The van der Waals surface area contributed by atoms with E-state index in [0.29, 0.717) is 0 Å². The number of para-hydroxylation sites is 1. The summed E-state index contributed by atoms with van der Waals surface area (Å²) >= 11 is 0. The van der Waals surface area contributed by atoms with Crippen LogP contribution in [0.25, 0.3) is 120 Å². The molecule has 0 saturated heterocycles. The quantitative estimate of drug-likeness (QED) is 0.163. The zero-order valence-electron chi connectivity index (χ0n) is 33.4. The largest absolute Gasteiger partial charge is 0.455 e. The molecule has 0 aliphatic heterocycles. The van der Waals surface area contributed by atoms with Crippen molar-refractivity contribution in [3.63, 3.8) is 0 Å². The molecule has 1 heteroatoms. The monoisotopic (exact) mass is 762 g/mol. The van der Waals surface area contributed by atoms with E-state index < -0.39 is 0 Å². The van der Waals surface area contributed by atoms with Crippen LogP contribution in [0.5, 0.6) is 0 Å². The topological polar surface area (TPSA) is 13.1 Å². The van der Waals surface area contributed by atoms with Crippen molar-refractivity contribution < 1.29 is 4.42 Å². The average molecular weight is 763 g/mol. The molecule has 60 heavy (non-hydrogen) atoms. The highest BCUT2D eigenvalue weighted by Gasteiger charge is 2.40. The van der Waals surface area contributed by atoms with Gasteiger partial charge in [-0.1, -0.05) is 196 Å². The van der Waals surface area contributed by atoms with Crippen LogP contribution in [0.2, 0.25) is 0 Å². The van der Waals surface area contributed by atoms with Gasteiger partial charge in [0.1, 0.15) is 11.2 Å². The first kappa shape index (κ1) is 33.5. The van der Waals surface area contributed by atoms with E-state index in [2.05, 4.69) is 208 Å². The molecule has 1 heterocycles. The predicted octanol–water partition coefficient (Wildman–Crippen LogP) is 16.7. The second-order valence-corrected chi connectivity index (χ2v) is 17.1. The van der Waals surface area contributed by atoms with Crippen LogP contribution in [0.3, 0.4) is 0 Å². The minimum Gasteiger partial charge on any atom is -0.455 e. The van der Waals surface area contributed by atoms with E-state index in [9.17, 15) is 0 Å². The Balaban J connectivity index is 1.04. The number of rotatable bonds is 3. The zero-order valence-corrected chi connectivity index (χ0v) is 33.4. The third-order valence-corrected chi connectivity index (χ3v) is 13.6. The Hall–Kier alpha value is -7.48. The molecule has 1 aliphatic carbocycles. The van der Waals surface area contributed by atoms with Gasteiger partial charge in [-0.2, -0.15) is 0 Å². The van der Waals surface area contributed by atoms with Crippen LogP contribution in [0, 0.1) is 0 Å². The molecule has 1 nitrogen and oxygen atoms in total. The Morgan fingerprint density at radius 1 is 0.350 bits per heavy atom. The van der Waals surface area contributed by atoms with Crippen molar-refractivity contribution in [3.8, 4) is 44.5 Å². The van der Waals surface area contributed by atoms with Crippen molar-refractivity contribution >= 4 is 75.8 Å². The second kappa shape index (κ2) is 12.3. The van der Waals surface area contributed by atoms with Crippen molar-refractivity contribution in [2.24, 2.45) is 0 Å². The average Bonchev–Trinajstić information content (AvgIpc) is 3.80. The van der Waals surface area contributed by atoms with Crippen molar-refractivity contribution in [2.75, 3.05) is 0 Å². The lowest BCUT2D eigenvalue weighted by molar-refractivity contribution is 0.664. The lowest BCUT2D eigenvalue weighted by Crippen LogP contribution is -2.15. The fourth-order valence-electron chi connectivity index (χ4n) is 11.1. The first-order chi connectivity index (χ1) is 29.6. The molecule has 0 saturated carbocycles. The molecule has 13 rings (SSSR count). The van der Waals surface area contributed by atoms with Crippen LogP contribution >= 0.6 is 0 Å². The molecule has 0 amide bonds. The molecule has 0 fully saturated rings. The highest BCUT2D eigenvalue weighted by atomic mass is 16.3. The Bertz CT molecular complexity index is 3740. The summed E-state index contributed by atoms with van der Waals surface area (Å²) in [5.74, 6) is 0. The smallest absolute Gasteiger partial charge is 0.143 e. The summed E-state index contributed by atoms with van der Waals surface area (Å²) in [4.78, 5) is 0. The van der Waals surface area contributed by atoms with Crippen molar-refractivity contribution in [2.45, 2.75) is 19.3 Å². The molecule has 280 valence electrons. The Kier molecular flexibility index (Phi) is 6.85. The molecule has 0 atom stereocenters. The van der Waals surface area contributed by atoms with E-state index in [1.807, 2.05) is 0 Å². The third-order valence-electron chi connectivity index (χ3n) is 13.6. The fourth-order valence-corrected chi connectivity index (χ4v) is 11.1. The standard InChI is InChI=1S/C59H38O/c1-59(2)51-34-36(30-31-49(51)55-56-50-27-13-14-29-52(50)60-58(56)48-26-12-11-25-47(48)57(55)59)38-32-33-46(40-20-6-5-19-39(38)40)54-44-23-9-7-21-42(44)53(43-22-8-10-24-45(43)54)41-28-15-17-35-16-3-4-18-37(35)41/h3-34H,1-2H3. The molecule has 12 aromatic rings. The minimum atomic E-state index is -0.230. The maximum Gasteiger partial charge on any atom is 0.143 e. The molecule has 11 aromatic carbocycles. The number of furan rings is 1. The minimum absolute atomic E-state index is 0.230. The summed E-state index contributed by atoms with van der Waals surface area (Å²) in [6.07, 6.45) is 0. The van der Waals surface area contributed by atoms with Gasteiger partial charge in [-0.15, -0.1) is 0 Å². The van der Waals surface area contributed by atoms with Crippen LogP contribution in [-0.2, 0) is 5.41 Å². The normalized spacial score (nSPS) is 13.3. The molecule has 0 spiro atoms. The van der Waals surface area contributed by atoms with E-state index in [-0.39, 0.29) is 5.41 Å². The van der Waals surface area contributed by atoms with E-state index in [1.54, 1.807) is 0 Å². The number of benzene rings is 11. The van der Waals surface area contributed by atoms with E-state index in [0.717, 1.165) is 11.2 Å². The van der Waals surface area contributed by atoms with Crippen molar-refractivity contribution in [1.82, 2.24) is 0 Å². The van der Waals surface area contributed by atoms with Crippen molar-refractivity contribution in [1.29, 1.82) is 0 Å². The van der Waals surface area contributed by atoms with Gasteiger partial charge in [-0.3, -0.25) is 0 Å². The summed E-state index contributed by atoms with van der Waals surface area (Å²) in [5, 5.41) is 14.9. The fraction of sp³-hybridized carbons (Fsp3) is 0.0508. The van der Waals surface area contributed by atoms with Gasteiger partial charge in [0.15, 0.2) is 0 Å². The maximum absolute atomic E-state index is 6.66. The Morgan fingerprint density at radius 2 is 0.833 bits per heavy atom. The van der Waals surface area contributed by atoms with Gasteiger partial charge in [0, 0.05) is 21.6 Å². The molecule has 0 unspecified atom stereocenters. The highest BCUT2D eigenvalue weighted by Crippen LogP contribution is 2.57. The summed E-state index contributed by atoms with van der Waals surface area (Å²) < 4.78 is 6.66. The summed E-state index contributed by atoms with van der Waals surface area (Å²) in [6, 6.07) is 71.8. The second-order valence-electron chi connectivity index (χ2n) is 17.1. The van der Waals surface area contributed by atoms with Gasteiger partial charge in [0.05, 0.1) is 0 Å². The zero-order chi connectivity index (χ0) is 39.7. The summed E-state index contributed by atoms with van der Waals surface area (Å²) in [5.41, 5.74) is 14.6. The predicted molar refractivity (Wildman–Crippen MR) is 255 cm³/mol. The first-order valence-electron chi connectivity index (χ1n) is 21.0. The van der Waals surface area contributed by atoms with Gasteiger partial charge in [0.2, 0.25) is 0 Å². The highest BCUT2D eigenvalue weighted by molar-refractivity contribution is 6.27. The van der Waals surface area contributed by atoms with Crippen LogP contribution < -0.4 is 0 Å². The molecular weight excluding hydrogens is 725 g/mol. The molecule has 0 bridgehead atoms. The third kappa shape index (κ3) is 4.47. The summed E-state index contributed by atoms with van der Waals surface area (Å²) in [7, 11) is 0. The van der Waals surface area contributed by atoms with Gasteiger partial charge >= 0.3 is 0 Å². The molecular formula is C59H38O. The van der Waals surface area contributed by atoms with Gasteiger partial charge < -0.3 is 4.42 Å². The lowest BCUT2D eigenvalue weighted by atomic mass is 9.79. The maximum atomic E-state index is 6.66. The number of hydrogen-bond donors (Lipinski definition) is 0. The summed E-state index contributed by atoms with van der Waals surface area (Å²) in [6.45, 7) is 4.81. The Labute approximate surface area is 347 Å². The van der Waals surface area contributed by atoms with E-state index >= 15 is 0 Å². The van der Waals surface area contributed by atoms with E-state index in [4.69, 9.17) is 4.42 Å². The van der Waals surface area contributed by atoms with E-state index in [1.165, 1.54) is 120 Å². The number of fused-ring (bicyclic) bond motifs is 14. The van der Waals surface area contributed by atoms with Crippen LogP contribution in [0.1, 0.15) is 25.0 Å². The van der Waals surface area contributed by atoms with Gasteiger partial charge in [-0.05, 0) is 116 Å². The van der Waals surface area contributed by atoms with Crippen LogP contribution in [0.15, 0.2) is 199 Å². The van der Waals surface area contributed by atoms with Gasteiger partial charge in [0.25, 0.3) is 0 Å². The molecule has 1 aliphatic rings. The first-order valence-corrected chi connectivity index (χ1v) is 21.0. The lowest BCUT2D eigenvalue weighted by Gasteiger charge is -2.24. The number of hydrogen-bond acceptors (Lipinski definition) is 1. The Morgan fingerprint density at radius 3 is 1.52 bits per heavy atom.